The number of piperidine rings is 1. The van der Waals surface area contributed by atoms with E-state index in [9.17, 15) is 4.79 Å². The average molecular weight is 387 g/mol. The van der Waals surface area contributed by atoms with Crippen LogP contribution in [0.5, 0.6) is 0 Å². The van der Waals surface area contributed by atoms with Crippen LogP contribution in [-0.4, -0.2) is 41.5 Å². The standard InChI is InChI=1S/C21H30N4OS/c1-4-25(15(2)3)14-16-5-7-18(8-6-16)20(26)24-21-23-13-19(27-21)17-9-11-22-12-10-17/h5-8,13,15,17,22H,4,9-12,14H2,1-3H3,(H,23,24,26). The first-order valence-electron chi connectivity index (χ1n) is 9.87. The van der Waals surface area contributed by atoms with Crippen LogP contribution in [-0.2, 0) is 6.54 Å². The molecule has 1 aliphatic heterocycles. The summed E-state index contributed by atoms with van der Waals surface area (Å²) >= 11 is 1.60. The van der Waals surface area contributed by atoms with Gasteiger partial charge in [-0.3, -0.25) is 15.0 Å². The maximum atomic E-state index is 12.5. The number of nitrogens with zero attached hydrogens (tertiary/aromatic N) is 2. The second kappa shape index (κ2) is 9.44. The van der Waals surface area contributed by atoms with E-state index in [1.165, 1.54) is 10.4 Å². The number of anilines is 1. The van der Waals surface area contributed by atoms with Gasteiger partial charge in [0, 0.05) is 29.2 Å². The summed E-state index contributed by atoms with van der Waals surface area (Å²) in [5.41, 5.74) is 1.90. The number of thiazole rings is 1. The molecular weight excluding hydrogens is 356 g/mol. The number of carbonyl (C=O) groups excluding carboxylic acids is 1. The van der Waals surface area contributed by atoms with Gasteiger partial charge in [0.1, 0.15) is 0 Å². The van der Waals surface area contributed by atoms with Gasteiger partial charge in [-0.1, -0.05) is 19.1 Å². The molecule has 0 bridgehead atoms. The van der Waals surface area contributed by atoms with Crippen LogP contribution in [0.2, 0.25) is 0 Å². The fraction of sp³-hybridized carbons (Fsp3) is 0.524. The Hall–Kier alpha value is -1.76. The van der Waals surface area contributed by atoms with Crippen molar-refractivity contribution in [3.8, 4) is 0 Å². The molecule has 2 aromatic rings. The zero-order valence-corrected chi connectivity index (χ0v) is 17.3. The molecule has 0 radical (unpaired) electrons. The number of benzene rings is 1. The number of rotatable bonds is 7. The van der Waals surface area contributed by atoms with Crippen LogP contribution in [0.25, 0.3) is 0 Å². The van der Waals surface area contributed by atoms with Crippen molar-refractivity contribution in [1.29, 1.82) is 0 Å². The predicted molar refractivity (Wildman–Crippen MR) is 113 cm³/mol. The predicted octanol–water partition coefficient (Wildman–Crippen LogP) is 4.09. The van der Waals surface area contributed by atoms with Gasteiger partial charge in [0.05, 0.1) is 0 Å². The quantitative estimate of drug-likeness (QED) is 0.752. The second-order valence-corrected chi connectivity index (χ2v) is 8.46. The number of hydrogen-bond donors (Lipinski definition) is 2. The van der Waals surface area contributed by atoms with E-state index in [1.807, 2.05) is 30.5 Å². The number of hydrogen-bond acceptors (Lipinski definition) is 5. The minimum absolute atomic E-state index is 0.0935. The van der Waals surface area contributed by atoms with Crippen LogP contribution < -0.4 is 10.6 Å². The second-order valence-electron chi connectivity index (χ2n) is 7.40. The van der Waals surface area contributed by atoms with Crippen molar-refractivity contribution >= 4 is 22.4 Å². The lowest BCUT2D eigenvalue weighted by molar-refractivity contribution is 0.102. The Kier molecular flexibility index (Phi) is 6.99. The molecule has 0 atom stereocenters. The summed E-state index contributed by atoms with van der Waals surface area (Å²) in [7, 11) is 0. The Morgan fingerprint density at radius 2 is 2.00 bits per heavy atom. The molecule has 1 aromatic carbocycles. The first-order chi connectivity index (χ1) is 13.1. The first kappa shape index (κ1) is 20.0. The Balaban J connectivity index is 1.58. The molecule has 1 aromatic heterocycles. The highest BCUT2D eigenvalue weighted by Crippen LogP contribution is 2.31. The van der Waals surface area contributed by atoms with Crippen LogP contribution >= 0.6 is 11.3 Å². The van der Waals surface area contributed by atoms with Gasteiger partial charge in [-0.05, 0) is 69.9 Å². The zero-order chi connectivity index (χ0) is 19.2. The molecule has 0 aliphatic carbocycles. The maximum Gasteiger partial charge on any atom is 0.257 e. The highest BCUT2D eigenvalue weighted by atomic mass is 32.1. The number of amides is 1. The Morgan fingerprint density at radius 3 is 2.63 bits per heavy atom. The molecule has 27 heavy (non-hydrogen) atoms. The largest absolute Gasteiger partial charge is 0.317 e. The summed E-state index contributed by atoms with van der Waals surface area (Å²) in [6.07, 6.45) is 4.20. The summed E-state index contributed by atoms with van der Waals surface area (Å²) in [6.45, 7) is 10.6. The summed E-state index contributed by atoms with van der Waals surface area (Å²) in [4.78, 5) is 20.6. The fourth-order valence-electron chi connectivity index (χ4n) is 3.46. The Morgan fingerprint density at radius 1 is 1.30 bits per heavy atom. The van der Waals surface area contributed by atoms with Gasteiger partial charge in [-0.25, -0.2) is 4.98 Å². The van der Waals surface area contributed by atoms with Gasteiger partial charge in [0.25, 0.3) is 5.91 Å². The van der Waals surface area contributed by atoms with E-state index in [4.69, 9.17) is 0 Å². The number of nitrogens with one attached hydrogen (secondary N) is 2. The molecule has 3 rings (SSSR count). The monoisotopic (exact) mass is 386 g/mol. The first-order valence-corrected chi connectivity index (χ1v) is 10.7. The van der Waals surface area contributed by atoms with E-state index < -0.39 is 0 Å². The van der Waals surface area contributed by atoms with Crippen molar-refractivity contribution < 1.29 is 4.79 Å². The molecule has 146 valence electrons. The molecule has 0 unspecified atom stereocenters. The van der Waals surface area contributed by atoms with E-state index in [1.54, 1.807) is 11.3 Å². The smallest absolute Gasteiger partial charge is 0.257 e. The molecule has 1 saturated heterocycles. The molecule has 2 N–H and O–H groups in total. The topological polar surface area (TPSA) is 57.3 Å². The van der Waals surface area contributed by atoms with E-state index in [-0.39, 0.29) is 5.91 Å². The lowest BCUT2D eigenvalue weighted by Crippen LogP contribution is -2.29. The molecule has 6 heteroatoms. The SMILES string of the molecule is CCN(Cc1ccc(C(=O)Nc2ncc(C3CCNCC3)s2)cc1)C(C)C. The molecular formula is C21H30N4OS. The van der Waals surface area contributed by atoms with Gasteiger partial charge in [-0.15, -0.1) is 11.3 Å². The molecule has 1 aliphatic rings. The Bertz CT molecular complexity index is 735. The van der Waals surface area contributed by atoms with Crippen molar-refractivity contribution in [2.75, 3.05) is 25.0 Å². The van der Waals surface area contributed by atoms with Crippen LogP contribution in [0.4, 0.5) is 5.13 Å². The average Bonchev–Trinajstić information content (AvgIpc) is 3.15. The number of aromatic nitrogens is 1. The van der Waals surface area contributed by atoms with Crippen molar-refractivity contribution in [3.63, 3.8) is 0 Å². The maximum absolute atomic E-state index is 12.5. The Labute approximate surface area is 166 Å². The van der Waals surface area contributed by atoms with Gasteiger partial charge >= 0.3 is 0 Å². The van der Waals surface area contributed by atoms with Crippen molar-refractivity contribution in [2.24, 2.45) is 0 Å². The van der Waals surface area contributed by atoms with Crippen LogP contribution in [0.15, 0.2) is 30.5 Å². The summed E-state index contributed by atoms with van der Waals surface area (Å²) in [5.74, 6) is 0.472. The summed E-state index contributed by atoms with van der Waals surface area (Å²) in [6, 6.07) is 8.40. The van der Waals surface area contributed by atoms with E-state index in [0.29, 0.717) is 22.7 Å². The molecule has 1 amide bonds. The lowest BCUT2D eigenvalue weighted by Gasteiger charge is -2.24. The van der Waals surface area contributed by atoms with Crippen molar-refractivity contribution in [2.45, 2.75) is 52.1 Å². The van der Waals surface area contributed by atoms with E-state index in [2.05, 4.69) is 41.3 Å². The van der Waals surface area contributed by atoms with Gasteiger partial charge in [0.15, 0.2) is 5.13 Å². The number of carbonyl (C=O) groups is 1. The van der Waals surface area contributed by atoms with Crippen LogP contribution in [0, 0.1) is 0 Å². The molecule has 1 fully saturated rings. The van der Waals surface area contributed by atoms with E-state index in [0.717, 1.165) is 39.0 Å². The highest BCUT2D eigenvalue weighted by molar-refractivity contribution is 7.15. The van der Waals surface area contributed by atoms with Crippen molar-refractivity contribution in [3.05, 3.63) is 46.5 Å². The third-order valence-corrected chi connectivity index (χ3v) is 6.30. The van der Waals surface area contributed by atoms with E-state index >= 15 is 0 Å². The lowest BCUT2D eigenvalue weighted by atomic mass is 9.97. The van der Waals surface area contributed by atoms with Gasteiger partial charge in [-0.2, -0.15) is 0 Å². The third-order valence-electron chi connectivity index (χ3n) is 5.22. The zero-order valence-electron chi connectivity index (χ0n) is 16.5. The van der Waals surface area contributed by atoms with Crippen LogP contribution in [0.1, 0.15) is 60.3 Å². The normalized spacial score (nSPS) is 15.4. The van der Waals surface area contributed by atoms with Gasteiger partial charge in [0.2, 0.25) is 0 Å². The minimum Gasteiger partial charge on any atom is -0.317 e. The third kappa shape index (κ3) is 5.37. The van der Waals surface area contributed by atoms with Gasteiger partial charge < -0.3 is 5.32 Å². The molecule has 0 saturated carbocycles. The van der Waals surface area contributed by atoms with Crippen LogP contribution in [0.3, 0.4) is 0 Å². The molecule has 5 nitrogen and oxygen atoms in total. The minimum atomic E-state index is -0.0935. The summed E-state index contributed by atoms with van der Waals surface area (Å²) < 4.78 is 0. The van der Waals surface area contributed by atoms with Crippen molar-refractivity contribution in [1.82, 2.24) is 15.2 Å². The molecule has 0 spiro atoms. The molecule has 2 heterocycles. The fourth-order valence-corrected chi connectivity index (χ4v) is 4.44. The summed E-state index contributed by atoms with van der Waals surface area (Å²) in [5, 5.41) is 7.02. The highest BCUT2D eigenvalue weighted by Gasteiger charge is 2.18.